The van der Waals surface area contributed by atoms with Crippen LogP contribution in [0.25, 0.3) is 10.2 Å². The highest BCUT2D eigenvalue weighted by Gasteiger charge is 2.50. The number of rotatable bonds is 3. The van der Waals surface area contributed by atoms with Gasteiger partial charge in [0, 0.05) is 0 Å². The molecule has 1 saturated carbocycles. The van der Waals surface area contributed by atoms with E-state index in [0.717, 1.165) is 33.8 Å². The second kappa shape index (κ2) is 7.00. The quantitative estimate of drug-likeness (QED) is 0.645. The summed E-state index contributed by atoms with van der Waals surface area (Å²) in [5.74, 6) is -0.696. The molecule has 26 heavy (non-hydrogen) atoms. The smallest absolute Gasteiger partial charge is 0.252 e. The van der Waals surface area contributed by atoms with Gasteiger partial charge in [-0.2, -0.15) is 0 Å². The Morgan fingerprint density at radius 3 is 2.77 bits per heavy atom. The van der Waals surface area contributed by atoms with Crippen molar-refractivity contribution in [3.05, 3.63) is 24.3 Å². The maximum absolute atomic E-state index is 12.9. The zero-order valence-electron chi connectivity index (χ0n) is 14.2. The molecule has 6 nitrogen and oxygen atoms in total. The highest BCUT2D eigenvalue weighted by Crippen LogP contribution is 2.37. The van der Waals surface area contributed by atoms with Gasteiger partial charge in [0.15, 0.2) is 4.34 Å². The lowest BCUT2D eigenvalue weighted by Gasteiger charge is -2.47. The number of thioether (sulfide) groups is 1. The van der Waals surface area contributed by atoms with E-state index in [2.05, 4.69) is 10.3 Å². The molecule has 1 spiro atoms. The Hall–Kier alpha value is -1.93. The zero-order valence-corrected chi connectivity index (χ0v) is 15.8. The maximum atomic E-state index is 12.9. The number of amides is 3. The molecule has 1 aromatic heterocycles. The summed E-state index contributed by atoms with van der Waals surface area (Å²) in [5.41, 5.74) is 0.0703. The number of fused-ring (bicyclic) bond motifs is 1. The Bertz CT molecular complexity index is 840. The molecule has 1 saturated heterocycles. The number of imide groups is 1. The highest BCUT2D eigenvalue weighted by atomic mass is 32.2. The molecule has 2 fully saturated rings. The molecule has 3 amide bonds. The molecule has 136 valence electrons. The first-order valence-corrected chi connectivity index (χ1v) is 10.5. The molecule has 1 aliphatic carbocycles. The fourth-order valence-electron chi connectivity index (χ4n) is 3.77. The van der Waals surface area contributed by atoms with Crippen molar-refractivity contribution in [1.82, 2.24) is 15.2 Å². The first-order valence-electron chi connectivity index (χ1n) is 8.72. The van der Waals surface area contributed by atoms with Gasteiger partial charge in [-0.05, 0) is 25.0 Å². The first kappa shape index (κ1) is 17.5. The molecular weight excluding hydrogens is 370 g/mol. The van der Waals surface area contributed by atoms with Gasteiger partial charge < -0.3 is 4.90 Å². The summed E-state index contributed by atoms with van der Waals surface area (Å²) in [6, 6.07) is 7.85. The summed E-state index contributed by atoms with van der Waals surface area (Å²) in [6.45, 7) is -0.0367. The molecule has 1 aliphatic heterocycles. The van der Waals surface area contributed by atoms with Crippen molar-refractivity contribution >= 4 is 51.0 Å². The molecular formula is C18H19N3O3S2. The average molecular weight is 390 g/mol. The van der Waals surface area contributed by atoms with E-state index in [1.165, 1.54) is 16.7 Å². The number of piperazine rings is 1. The lowest BCUT2D eigenvalue weighted by molar-refractivity contribution is -0.158. The number of benzene rings is 1. The van der Waals surface area contributed by atoms with Crippen LogP contribution >= 0.6 is 23.1 Å². The van der Waals surface area contributed by atoms with Gasteiger partial charge in [0.1, 0.15) is 12.1 Å². The van der Waals surface area contributed by atoms with E-state index in [4.69, 9.17) is 0 Å². The average Bonchev–Trinajstić information content (AvgIpc) is 3.07. The van der Waals surface area contributed by atoms with Gasteiger partial charge >= 0.3 is 0 Å². The van der Waals surface area contributed by atoms with Crippen LogP contribution in [-0.4, -0.2) is 45.4 Å². The predicted octanol–water partition coefficient (Wildman–Crippen LogP) is 2.58. The summed E-state index contributed by atoms with van der Waals surface area (Å²) in [5, 5.41) is 2.43. The second-order valence-electron chi connectivity index (χ2n) is 6.69. The standard InChI is InChI=1S/C18H19N3O3S2/c22-14-10-21(18(16(24)20-14)8-4-1-5-9-18)15(23)11-25-17-19-12-6-2-3-7-13(12)26-17/h2-3,6-7H,1,4-5,8-11H2,(H,20,22,24). The molecule has 0 unspecified atom stereocenters. The van der Waals surface area contributed by atoms with Crippen LogP contribution in [0.1, 0.15) is 32.1 Å². The topological polar surface area (TPSA) is 79.4 Å². The van der Waals surface area contributed by atoms with E-state index in [1.807, 2.05) is 24.3 Å². The first-order chi connectivity index (χ1) is 12.6. The summed E-state index contributed by atoms with van der Waals surface area (Å²) in [6.07, 6.45) is 4.12. The van der Waals surface area contributed by atoms with Crippen LogP contribution in [0.4, 0.5) is 0 Å². The second-order valence-corrected chi connectivity index (χ2v) is 8.94. The molecule has 0 bridgehead atoms. The van der Waals surface area contributed by atoms with Crippen molar-refractivity contribution in [1.29, 1.82) is 0 Å². The summed E-state index contributed by atoms with van der Waals surface area (Å²) >= 11 is 2.92. The number of nitrogens with one attached hydrogen (secondary N) is 1. The van der Waals surface area contributed by atoms with E-state index in [9.17, 15) is 14.4 Å². The van der Waals surface area contributed by atoms with Crippen molar-refractivity contribution in [2.24, 2.45) is 0 Å². The molecule has 1 N–H and O–H groups in total. The maximum Gasteiger partial charge on any atom is 0.252 e. The molecule has 2 heterocycles. The molecule has 0 atom stereocenters. The van der Waals surface area contributed by atoms with Gasteiger partial charge in [0.05, 0.1) is 16.0 Å². The van der Waals surface area contributed by atoms with Crippen LogP contribution in [-0.2, 0) is 14.4 Å². The van der Waals surface area contributed by atoms with Gasteiger partial charge in [-0.3, -0.25) is 19.7 Å². The number of aromatic nitrogens is 1. The third-order valence-corrected chi connectivity index (χ3v) is 7.23. The summed E-state index contributed by atoms with van der Waals surface area (Å²) in [7, 11) is 0. The normalized spacial score (nSPS) is 19.8. The molecule has 2 aromatic rings. The lowest BCUT2D eigenvalue weighted by atomic mass is 9.78. The third kappa shape index (κ3) is 3.12. The van der Waals surface area contributed by atoms with Gasteiger partial charge in [0.2, 0.25) is 11.8 Å². The van der Waals surface area contributed by atoms with Gasteiger partial charge in [-0.25, -0.2) is 4.98 Å². The Labute approximate surface area is 159 Å². The van der Waals surface area contributed by atoms with E-state index < -0.39 is 11.4 Å². The minimum absolute atomic E-state index is 0.0367. The van der Waals surface area contributed by atoms with Crippen LogP contribution in [0, 0.1) is 0 Å². The predicted molar refractivity (Wildman–Crippen MR) is 101 cm³/mol. The van der Waals surface area contributed by atoms with Crippen molar-refractivity contribution in [3.63, 3.8) is 0 Å². The number of nitrogens with zero attached hydrogens (tertiary/aromatic N) is 2. The van der Waals surface area contributed by atoms with Gasteiger partial charge in [-0.1, -0.05) is 43.2 Å². The summed E-state index contributed by atoms with van der Waals surface area (Å²) < 4.78 is 1.91. The van der Waals surface area contributed by atoms with E-state index >= 15 is 0 Å². The van der Waals surface area contributed by atoms with E-state index in [-0.39, 0.29) is 24.1 Å². The van der Waals surface area contributed by atoms with Crippen LogP contribution in [0.2, 0.25) is 0 Å². The third-order valence-electron chi connectivity index (χ3n) is 5.07. The Morgan fingerprint density at radius 1 is 1.23 bits per heavy atom. The highest BCUT2D eigenvalue weighted by molar-refractivity contribution is 8.01. The zero-order chi connectivity index (χ0) is 18.1. The van der Waals surface area contributed by atoms with Crippen LogP contribution in [0.5, 0.6) is 0 Å². The molecule has 0 radical (unpaired) electrons. The minimum atomic E-state index is -0.850. The Morgan fingerprint density at radius 2 is 2.00 bits per heavy atom. The van der Waals surface area contributed by atoms with Crippen molar-refractivity contribution in [2.75, 3.05) is 12.3 Å². The number of para-hydroxylation sites is 1. The minimum Gasteiger partial charge on any atom is -0.318 e. The number of thiazole rings is 1. The van der Waals surface area contributed by atoms with Gasteiger partial charge in [-0.15, -0.1) is 11.3 Å². The largest absolute Gasteiger partial charge is 0.318 e. The number of hydrogen-bond donors (Lipinski definition) is 1. The Balaban J connectivity index is 1.51. The number of carbonyl (C=O) groups excluding carboxylic acids is 3. The molecule has 8 heteroatoms. The van der Waals surface area contributed by atoms with Crippen molar-refractivity contribution < 1.29 is 14.4 Å². The van der Waals surface area contributed by atoms with Crippen LogP contribution in [0.3, 0.4) is 0 Å². The number of carbonyl (C=O) groups is 3. The van der Waals surface area contributed by atoms with E-state index in [0.29, 0.717) is 12.8 Å². The number of hydrogen-bond acceptors (Lipinski definition) is 6. The van der Waals surface area contributed by atoms with Crippen LogP contribution in [0.15, 0.2) is 28.6 Å². The van der Waals surface area contributed by atoms with Gasteiger partial charge in [0.25, 0.3) is 5.91 Å². The monoisotopic (exact) mass is 389 g/mol. The SMILES string of the molecule is O=C1CN(C(=O)CSc2nc3ccccc3s2)C2(CCCCC2)C(=O)N1. The molecule has 2 aliphatic rings. The molecule has 1 aromatic carbocycles. The van der Waals surface area contributed by atoms with Crippen LogP contribution < -0.4 is 5.32 Å². The Kier molecular flexibility index (Phi) is 4.71. The fraction of sp³-hybridized carbons (Fsp3) is 0.444. The summed E-state index contributed by atoms with van der Waals surface area (Å²) in [4.78, 5) is 43.4. The molecule has 4 rings (SSSR count). The van der Waals surface area contributed by atoms with E-state index in [1.54, 1.807) is 11.3 Å². The lowest BCUT2D eigenvalue weighted by Crippen LogP contribution is -2.69. The van der Waals surface area contributed by atoms with Crippen molar-refractivity contribution in [2.45, 2.75) is 42.0 Å². The van der Waals surface area contributed by atoms with Crippen molar-refractivity contribution in [3.8, 4) is 0 Å². The fourth-order valence-corrected chi connectivity index (χ4v) is 5.72.